The van der Waals surface area contributed by atoms with E-state index in [1.165, 1.54) is 4.90 Å². The lowest BCUT2D eigenvalue weighted by molar-refractivity contribution is -0.156. The molecule has 1 aliphatic carbocycles. The maximum Gasteiger partial charge on any atom is 0.407 e. The molecule has 2 N–H and O–H groups in total. The second-order valence-electron chi connectivity index (χ2n) is 12.4. The summed E-state index contributed by atoms with van der Waals surface area (Å²) in [5, 5.41) is 12.5. The van der Waals surface area contributed by atoms with Crippen molar-refractivity contribution in [1.82, 2.24) is 10.2 Å². The highest BCUT2D eigenvalue weighted by Crippen LogP contribution is 2.44. The Labute approximate surface area is 251 Å². The number of aliphatic carboxylic acids is 1. The number of nitrogens with zero attached hydrogens (tertiary/aromatic N) is 1. The summed E-state index contributed by atoms with van der Waals surface area (Å²) in [6.07, 6.45) is -0.657. The number of amides is 2. The quantitative estimate of drug-likeness (QED) is 0.365. The van der Waals surface area contributed by atoms with Gasteiger partial charge in [-0.2, -0.15) is 0 Å². The average molecular weight is 587 g/mol. The van der Waals surface area contributed by atoms with E-state index in [0.29, 0.717) is 5.75 Å². The number of carboxylic acids is 1. The number of rotatable bonds is 8. The van der Waals surface area contributed by atoms with Crippen LogP contribution in [0.2, 0.25) is 0 Å². The summed E-state index contributed by atoms with van der Waals surface area (Å²) >= 11 is 0. The van der Waals surface area contributed by atoms with E-state index in [4.69, 9.17) is 14.2 Å². The van der Waals surface area contributed by atoms with Crippen LogP contribution in [0.5, 0.6) is 5.75 Å². The van der Waals surface area contributed by atoms with Crippen LogP contribution >= 0.6 is 0 Å². The fourth-order valence-corrected chi connectivity index (χ4v) is 5.84. The summed E-state index contributed by atoms with van der Waals surface area (Å²) < 4.78 is 17.3. The Kier molecular flexibility index (Phi) is 8.21. The molecule has 3 aromatic rings. The van der Waals surface area contributed by atoms with Crippen molar-refractivity contribution in [2.24, 2.45) is 0 Å². The monoisotopic (exact) mass is 586 g/mol. The maximum atomic E-state index is 13.9. The number of carboxylic acid groups (broad SMARTS) is 1. The summed E-state index contributed by atoms with van der Waals surface area (Å²) in [4.78, 5) is 40.4. The van der Waals surface area contributed by atoms with Crippen molar-refractivity contribution in [3.63, 3.8) is 0 Å². The number of hydrogen-bond acceptors (Lipinski definition) is 6. The molecule has 5 rings (SSSR count). The third kappa shape index (κ3) is 6.51. The minimum Gasteiger partial charge on any atom is -0.488 e. The van der Waals surface area contributed by atoms with Gasteiger partial charge in [0, 0.05) is 12.3 Å². The number of carbonyl (C=O) groups is 3. The van der Waals surface area contributed by atoms with Crippen LogP contribution in [0.25, 0.3) is 11.1 Å². The molecule has 1 aliphatic heterocycles. The van der Waals surface area contributed by atoms with Crippen LogP contribution < -0.4 is 10.1 Å². The molecule has 9 heteroatoms. The number of nitrogens with one attached hydrogen (secondary N) is 1. The summed E-state index contributed by atoms with van der Waals surface area (Å²) in [7, 11) is 0. The number of alkyl carbamates (subject to hydrolysis) is 1. The molecular weight excluding hydrogens is 548 g/mol. The smallest absolute Gasteiger partial charge is 0.407 e. The largest absolute Gasteiger partial charge is 0.488 e. The predicted molar refractivity (Wildman–Crippen MR) is 161 cm³/mol. The van der Waals surface area contributed by atoms with Crippen LogP contribution in [0.3, 0.4) is 0 Å². The highest BCUT2D eigenvalue weighted by Gasteiger charge is 2.49. The molecule has 1 heterocycles. The third-order valence-electron chi connectivity index (χ3n) is 7.73. The van der Waals surface area contributed by atoms with Crippen molar-refractivity contribution in [2.75, 3.05) is 13.2 Å². The molecule has 0 radical (unpaired) electrons. The molecule has 2 aliphatic rings. The Morgan fingerprint density at radius 3 is 2.12 bits per heavy atom. The van der Waals surface area contributed by atoms with Crippen molar-refractivity contribution in [3.8, 4) is 16.9 Å². The molecule has 2 atom stereocenters. The van der Waals surface area contributed by atoms with Gasteiger partial charge in [-0.1, -0.05) is 60.7 Å². The zero-order valence-corrected chi connectivity index (χ0v) is 25.1. The van der Waals surface area contributed by atoms with Gasteiger partial charge in [0.15, 0.2) is 6.04 Å². The van der Waals surface area contributed by atoms with Gasteiger partial charge >= 0.3 is 12.1 Å². The van der Waals surface area contributed by atoms with Crippen molar-refractivity contribution in [1.29, 1.82) is 0 Å². The first-order chi connectivity index (χ1) is 20.3. The van der Waals surface area contributed by atoms with Crippen molar-refractivity contribution in [3.05, 3.63) is 89.5 Å². The molecule has 43 heavy (non-hydrogen) atoms. The summed E-state index contributed by atoms with van der Waals surface area (Å²) in [5.74, 6) is -1.23. The summed E-state index contributed by atoms with van der Waals surface area (Å²) in [5.41, 5.74) is 3.56. The Hall–Kier alpha value is -4.37. The third-order valence-corrected chi connectivity index (χ3v) is 7.73. The van der Waals surface area contributed by atoms with Crippen molar-refractivity contribution in [2.45, 2.75) is 70.4 Å². The van der Waals surface area contributed by atoms with Crippen LogP contribution in [0.4, 0.5) is 4.79 Å². The number of benzene rings is 3. The molecule has 9 nitrogen and oxygen atoms in total. The Morgan fingerprint density at radius 1 is 0.977 bits per heavy atom. The Morgan fingerprint density at radius 2 is 1.56 bits per heavy atom. The Balaban J connectivity index is 1.35. The van der Waals surface area contributed by atoms with Gasteiger partial charge in [0.25, 0.3) is 0 Å². The molecule has 0 unspecified atom stereocenters. The van der Waals surface area contributed by atoms with Gasteiger partial charge < -0.3 is 24.6 Å². The van der Waals surface area contributed by atoms with Crippen LogP contribution in [0, 0.1) is 0 Å². The second-order valence-corrected chi connectivity index (χ2v) is 12.4. The molecule has 0 saturated carbocycles. The molecule has 1 saturated heterocycles. The van der Waals surface area contributed by atoms with Gasteiger partial charge in [0.05, 0.1) is 6.61 Å². The van der Waals surface area contributed by atoms with Crippen LogP contribution in [0.1, 0.15) is 57.2 Å². The number of carbonyl (C=O) groups excluding carboxylic acids is 2. The first kappa shape index (κ1) is 30.1. The minimum absolute atomic E-state index is 0.0790. The minimum atomic E-state index is -1.18. The fourth-order valence-electron chi connectivity index (χ4n) is 5.84. The summed E-state index contributed by atoms with van der Waals surface area (Å²) in [6, 6.07) is 21.0. The molecule has 2 amide bonds. The lowest BCUT2D eigenvalue weighted by atomic mass is 9.98. The highest BCUT2D eigenvalue weighted by atomic mass is 16.6. The predicted octanol–water partition coefficient (Wildman–Crippen LogP) is 5.36. The number of fused-ring (bicyclic) bond motifs is 3. The van der Waals surface area contributed by atoms with Gasteiger partial charge in [-0.3, -0.25) is 9.69 Å². The van der Waals surface area contributed by atoms with E-state index < -0.39 is 35.8 Å². The van der Waals surface area contributed by atoms with E-state index in [-0.39, 0.29) is 31.2 Å². The van der Waals surface area contributed by atoms with Gasteiger partial charge in [0.1, 0.15) is 29.7 Å². The molecule has 1 fully saturated rings. The van der Waals surface area contributed by atoms with E-state index in [1.54, 1.807) is 26.0 Å². The highest BCUT2D eigenvalue weighted by molar-refractivity contribution is 5.90. The first-order valence-electron chi connectivity index (χ1n) is 14.4. The fraction of sp³-hybridized carbons (Fsp3) is 0.382. The van der Waals surface area contributed by atoms with Crippen molar-refractivity contribution < 1.29 is 33.7 Å². The topological polar surface area (TPSA) is 114 Å². The van der Waals surface area contributed by atoms with Gasteiger partial charge in [0.2, 0.25) is 5.91 Å². The SMILES string of the molecule is CC(C)(C)Oc1ccc(C[C@@H](NC(=O)OCC2c3ccccc3-c3ccccc32)C(=O)N2[C@H](C(=O)O)COC2(C)C)cc1. The molecule has 3 aromatic carbocycles. The first-order valence-corrected chi connectivity index (χ1v) is 14.4. The Bertz CT molecular complexity index is 1460. The van der Waals surface area contributed by atoms with Crippen LogP contribution in [0.15, 0.2) is 72.8 Å². The standard InChI is InChI=1S/C34H38N2O7/c1-33(2,3)43-22-16-14-21(15-17-22)18-28(30(37)36-29(31(38)39)20-42-34(36,4)5)35-32(40)41-19-27-25-12-8-6-10-23(25)24-11-7-9-13-26(24)27/h6-17,27-29H,18-20H2,1-5H3,(H,35,40)(H,38,39)/t28-,29+/m1/s1. The molecule has 0 spiro atoms. The van der Waals surface area contributed by atoms with Crippen LogP contribution in [-0.4, -0.2) is 64.6 Å². The normalized spacial score (nSPS) is 18.0. The lowest BCUT2D eigenvalue weighted by Crippen LogP contribution is -2.58. The zero-order valence-electron chi connectivity index (χ0n) is 25.1. The van der Waals surface area contributed by atoms with E-state index in [0.717, 1.165) is 27.8 Å². The van der Waals surface area contributed by atoms with E-state index in [2.05, 4.69) is 17.4 Å². The van der Waals surface area contributed by atoms with Gasteiger partial charge in [-0.15, -0.1) is 0 Å². The average Bonchev–Trinajstić information content (AvgIpc) is 3.45. The zero-order chi connectivity index (χ0) is 30.9. The molecular formula is C34H38N2O7. The van der Waals surface area contributed by atoms with Crippen LogP contribution in [-0.2, 0) is 25.5 Å². The van der Waals surface area contributed by atoms with E-state index >= 15 is 0 Å². The number of hydrogen-bond donors (Lipinski definition) is 2. The number of ether oxygens (including phenoxy) is 3. The van der Waals surface area contributed by atoms with Gasteiger partial charge in [-0.25, -0.2) is 9.59 Å². The lowest BCUT2D eigenvalue weighted by Gasteiger charge is -2.35. The molecule has 0 aromatic heterocycles. The second kappa shape index (κ2) is 11.7. The van der Waals surface area contributed by atoms with Gasteiger partial charge in [-0.05, 0) is 74.6 Å². The van der Waals surface area contributed by atoms with Crippen molar-refractivity contribution >= 4 is 18.0 Å². The molecule has 0 bridgehead atoms. The van der Waals surface area contributed by atoms with E-state index in [1.807, 2.05) is 69.3 Å². The summed E-state index contributed by atoms with van der Waals surface area (Å²) in [6.45, 7) is 9.06. The molecule has 226 valence electrons. The van der Waals surface area contributed by atoms with E-state index in [9.17, 15) is 19.5 Å². The maximum absolute atomic E-state index is 13.9.